The molecular weight excluding hydrogens is 502 g/mol. The van der Waals surface area contributed by atoms with E-state index in [1.54, 1.807) is 0 Å². The van der Waals surface area contributed by atoms with Gasteiger partial charge in [0.25, 0.3) is 0 Å². The number of nitrogens with one attached hydrogen (secondary N) is 3. The number of carbonyl (C=O) groups excluding carboxylic acids is 2. The fraction of sp³-hybridized carbons (Fsp3) is 0.758. The second-order valence-corrected chi connectivity index (χ2v) is 14.7. The molecule has 8 aliphatic carbocycles. The first-order chi connectivity index (χ1) is 19.4. The van der Waals surface area contributed by atoms with Crippen LogP contribution in [0.15, 0.2) is 30.3 Å². The van der Waals surface area contributed by atoms with Gasteiger partial charge in [-0.3, -0.25) is 4.79 Å². The molecule has 8 aliphatic rings. The Kier molecular flexibility index (Phi) is 7.32. The van der Waals surface area contributed by atoms with E-state index in [0.29, 0.717) is 13.1 Å². The molecule has 0 spiro atoms. The third-order valence-corrected chi connectivity index (χ3v) is 11.4. The summed E-state index contributed by atoms with van der Waals surface area (Å²) in [5.41, 5.74) is 1.35. The van der Waals surface area contributed by atoms with Crippen LogP contribution in [0.3, 0.4) is 0 Å². The van der Waals surface area contributed by atoms with Crippen molar-refractivity contribution < 1.29 is 19.1 Å². The number of ether oxygens (including phenoxy) is 2. The molecule has 1 amide bonds. The predicted molar refractivity (Wildman–Crippen MR) is 152 cm³/mol. The zero-order chi connectivity index (χ0) is 27.2. The molecule has 0 aliphatic heterocycles. The van der Waals surface area contributed by atoms with E-state index in [1.165, 1.54) is 77.0 Å². The smallest absolute Gasteiger partial charge is 0.407 e. The maximum atomic E-state index is 12.9. The molecule has 40 heavy (non-hydrogen) atoms. The summed E-state index contributed by atoms with van der Waals surface area (Å²) < 4.78 is 11.3. The Bertz CT molecular complexity index is 956. The van der Waals surface area contributed by atoms with E-state index < -0.39 is 12.1 Å². The number of hydrogen-bond acceptors (Lipinski definition) is 6. The zero-order valence-corrected chi connectivity index (χ0v) is 23.9. The largest absolute Gasteiger partial charge is 0.458 e. The van der Waals surface area contributed by atoms with E-state index in [4.69, 9.17) is 9.47 Å². The van der Waals surface area contributed by atoms with Gasteiger partial charge in [-0.1, -0.05) is 30.3 Å². The van der Waals surface area contributed by atoms with Crippen molar-refractivity contribution in [3.05, 3.63) is 35.9 Å². The molecule has 8 bridgehead atoms. The molecule has 0 radical (unpaired) electrons. The molecule has 0 unspecified atom stereocenters. The third-order valence-electron chi connectivity index (χ3n) is 11.4. The van der Waals surface area contributed by atoms with Gasteiger partial charge >= 0.3 is 12.1 Å². The summed E-state index contributed by atoms with van der Waals surface area (Å²) in [5.74, 6) is 4.83. The molecule has 7 heteroatoms. The first-order valence-electron chi connectivity index (χ1n) is 16.1. The maximum Gasteiger partial charge on any atom is 0.407 e. The van der Waals surface area contributed by atoms with Crippen LogP contribution in [-0.4, -0.2) is 48.9 Å². The summed E-state index contributed by atoms with van der Waals surface area (Å²) in [6, 6.07) is 9.54. The van der Waals surface area contributed by atoms with Crippen molar-refractivity contribution in [1.82, 2.24) is 16.0 Å². The SMILES string of the molecule is O=C(CNC(=O)OCc1ccccc1)OC(CNC12CC3CC(CC(C3)C1)C2)CNC12CC3CC(CC(C3)C1)C2. The number of benzene rings is 1. The van der Waals surface area contributed by atoms with Gasteiger partial charge in [0.1, 0.15) is 19.3 Å². The van der Waals surface area contributed by atoms with Crippen molar-refractivity contribution in [1.29, 1.82) is 0 Å². The first kappa shape index (κ1) is 26.8. The van der Waals surface area contributed by atoms with Crippen molar-refractivity contribution in [2.75, 3.05) is 19.6 Å². The van der Waals surface area contributed by atoms with Gasteiger partial charge in [-0.2, -0.15) is 0 Å². The second-order valence-electron chi connectivity index (χ2n) is 14.7. The summed E-state index contributed by atoms with van der Waals surface area (Å²) in [6.07, 6.45) is 15.3. The Balaban J connectivity index is 0.948. The molecule has 0 heterocycles. The predicted octanol–water partition coefficient (Wildman–Crippen LogP) is 4.94. The highest BCUT2D eigenvalue weighted by Crippen LogP contribution is 2.56. The quantitative estimate of drug-likeness (QED) is 0.339. The average Bonchev–Trinajstić information content (AvgIpc) is 2.91. The van der Waals surface area contributed by atoms with Gasteiger partial charge in [-0.05, 0) is 118 Å². The Morgan fingerprint density at radius 1 is 0.725 bits per heavy atom. The molecule has 218 valence electrons. The van der Waals surface area contributed by atoms with E-state index in [9.17, 15) is 9.59 Å². The molecule has 0 aromatic heterocycles. The fourth-order valence-corrected chi connectivity index (χ4v) is 10.6. The molecule has 7 nitrogen and oxygen atoms in total. The van der Waals surface area contributed by atoms with Gasteiger partial charge in [-0.25, -0.2) is 4.79 Å². The van der Waals surface area contributed by atoms with E-state index >= 15 is 0 Å². The van der Waals surface area contributed by atoms with Gasteiger partial charge in [0.15, 0.2) is 0 Å². The maximum absolute atomic E-state index is 12.9. The molecule has 9 rings (SSSR count). The van der Waals surface area contributed by atoms with Crippen molar-refractivity contribution in [3.63, 3.8) is 0 Å². The minimum absolute atomic E-state index is 0.175. The molecule has 8 fully saturated rings. The van der Waals surface area contributed by atoms with Crippen LogP contribution in [-0.2, 0) is 20.9 Å². The molecule has 8 saturated carbocycles. The van der Waals surface area contributed by atoms with Gasteiger partial charge in [0, 0.05) is 24.2 Å². The fourth-order valence-electron chi connectivity index (χ4n) is 10.6. The minimum atomic E-state index is -0.601. The van der Waals surface area contributed by atoms with Crippen LogP contribution < -0.4 is 16.0 Å². The Labute approximate surface area is 238 Å². The normalized spacial score (nSPS) is 39.2. The van der Waals surface area contributed by atoms with Crippen LogP contribution in [0.2, 0.25) is 0 Å². The van der Waals surface area contributed by atoms with Crippen LogP contribution in [0, 0.1) is 35.5 Å². The number of amides is 1. The highest BCUT2D eigenvalue weighted by atomic mass is 16.6. The molecule has 1 aromatic carbocycles. The van der Waals surface area contributed by atoms with Crippen molar-refractivity contribution >= 4 is 12.1 Å². The minimum Gasteiger partial charge on any atom is -0.458 e. The van der Waals surface area contributed by atoms with E-state index in [2.05, 4.69) is 16.0 Å². The standard InChI is InChI=1S/C33H47N3O4/c37-30(20-34-31(38)39-21-22-4-2-1-3-5-22)40-29(18-35-32-12-23-6-24(13-32)8-25(7-23)14-32)19-36-33-15-26-9-27(16-33)11-28(10-26)17-33/h1-5,23-29,35-36H,6-21H2,(H,34,38). The number of hydrogen-bond donors (Lipinski definition) is 3. The van der Waals surface area contributed by atoms with Crippen molar-refractivity contribution in [2.45, 2.75) is 101 Å². The number of carbonyl (C=O) groups is 2. The Morgan fingerprint density at radius 3 is 1.62 bits per heavy atom. The summed E-state index contributed by atoms with van der Waals surface area (Å²) >= 11 is 0. The van der Waals surface area contributed by atoms with E-state index in [0.717, 1.165) is 41.1 Å². The lowest BCUT2D eigenvalue weighted by molar-refractivity contribution is -0.148. The Hall–Kier alpha value is -2.12. The molecule has 0 atom stereocenters. The average molecular weight is 550 g/mol. The summed E-state index contributed by atoms with van der Waals surface area (Å²) in [4.78, 5) is 25.1. The van der Waals surface area contributed by atoms with Crippen LogP contribution in [0.25, 0.3) is 0 Å². The van der Waals surface area contributed by atoms with Crippen molar-refractivity contribution in [3.8, 4) is 0 Å². The van der Waals surface area contributed by atoms with Crippen LogP contribution in [0.1, 0.15) is 82.6 Å². The lowest BCUT2D eigenvalue weighted by atomic mass is 9.53. The van der Waals surface area contributed by atoms with Gasteiger partial charge in [0.05, 0.1) is 0 Å². The monoisotopic (exact) mass is 549 g/mol. The van der Waals surface area contributed by atoms with Crippen LogP contribution in [0.5, 0.6) is 0 Å². The zero-order valence-electron chi connectivity index (χ0n) is 23.9. The molecule has 1 aromatic rings. The molecule has 3 N–H and O–H groups in total. The van der Waals surface area contributed by atoms with E-state index in [-0.39, 0.29) is 30.3 Å². The number of esters is 1. The van der Waals surface area contributed by atoms with Crippen LogP contribution in [0.4, 0.5) is 4.79 Å². The highest BCUT2D eigenvalue weighted by molar-refractivity contribution is 5.78. The number of rotatable bonds is 11. The summed E-state index contributed by atoms with van der Waals surface area (Å²) in [7, 11) is 0. The van der Waals surface area contributed by atoms with Gasteiger partial charge in [-0.15, -0.1) is 0 Å². The molecule has 0 saturated heterocycles. The van der Waals surface area contributed by atoms with E-state index in [1.807, 2.05) is 30.3 Å². The summed E-state index contributed by atoms with van der Waals surface area (Å²) in [6.45, 7) is 1.35. The lowest BCUT2D eigenvalue weighted by Gasteiger charge is -2.58. The van der Waals surface area contributed by atoms with Gasteiger partial charge < -0.3 is 25.4 Å². The Morgan fingerprint density at radius 2 is 1.18 bits per heavy atom. The van der Waals surface area contributed by atoms with Crippen LogP contribution >= 0.6 is 0 Å². The first-order valence-corrected chi connectivity index (χ1v) is 16.1. The number of alkyl carbamates (subject to hydrolysis) is 1. The van der Waals surface area contributed by atoms with Crippen molar-refractivity contribution in [2.24, 2.45) is 35.5 Å². The second kappa shape index (κ2) is 10.9. The molecular formula is C33H47N3O4. The summed E-state index contributed by atoms with van der Waals surface area (Å²) in [5, 5.41) is 10.5. The topological polar surface area (TPSA) is 88.7 Å². The lowest BCUT2D eigenvalue weighted by Crippen LogP contribution is -2.62. The van der Waals surface area contributed by atoms with Gasteiger partial charge in [0.2, 0.25) is 0 Å². The third kappa shape index (κ3) is 5.92. The highest BCUT2D eigenvalue weighted by Gasteiger charge is 2.52.